The molecule has 0 aliphatic heterocycles. The number of nitrogens with zero attached hydrogens (tertiary/aromatic N) is 4. The van der Waals surface area contributed by atoms with E-state index in [-0.39, 0.29) is 0 Å². The first-order chi connectivity index (χ1) is 55.5. The van der Waals surface area contributed by atoms with Gasteiger partial charge in [-0.1, -0.05) is 309 Å². The van der Waals surface area contributed by atoms with E-state index in [1.54, 1.807) is 0 Å². The lowest BCUT2D eigenvalue weighted by Crippen LogP contribution is -2.09. The molecule has 0 radical (unpaired) electrons. The van der Waals surface area contributed by atoms with E-state index in [4.69, 9.17) is 0 Å². The van der Waals surface area contributed by atoms with Crippen molar-refractivity contribution in [2.75, 3.05) is 9.80 Å². The van der Waals surface area contributed by atoms with Crippen LogP contribution in [0.5, 0.6) is 0 Å². The zero-order valence-electron chi connectivity index (χ0n) is 61.4. The lowest BCUT2D eigenvalue weighted by Gasteiger charge is -2.26. The minimum atomic E-state index is 1.08. The summed E-state index contributed by atoms with van der Waals surface area (Å²) in [5.41, 5.74) is 30.1. The predicted octanol–water partition coefficient (Wildman–Crippen LogP) is 29.9. The lowest BCUT2D eigenvalue weighted by atomic mass is 9.97. The van der Waals surface area contributed by atoms with Gasteiger partial charge in [-0.2, -0.15) is 0 Å². The number of rotatable bonds is 15. The summed E-state index contributed by atoms with van der Waals surface area (Å²) in [6, 6.07) is 160. The van der Waals surface area contributed by atoms with Crippen molar-refractivity contribution in [2.45, 2.75) is 0 Å². The zero-order valence-corrected chi connectivity index (χ0v) is 61.4. The molecule has 2 aromatic heterocycles. The standard InChI is InChI=1S/C108H72N4/c1-2-18-91(19-3-1)109(93-58-44-82(45-59-93)84-48-66-97(67-49-84)111-103-24-12-10-22-101(103)107-99-20-8-6-15-87(99)54-70-105(107)111)92-56-40-80(41-57-92)78-34-30-76(31-35-78)74-26-28-75(29-27-74)77-32-36-79(37-33-77)81-42-60-94(61-43-81)110(96-64-52-86(53-65-96)90-39-38-73-14-4-5-17-89(73)72-90)95-62-46-83(47-63-95)85-50-68-98(69-51-85)112-104-25-13-11-23-102(104)108-100-21-9-7-16-88(100)55-71-106(108)112/h1-72H. The fraction of sp³-hybridized carbons (Fsp3) is 0. The third-order valence-electron chi connectivity index (χ3n) is 22.8. The summed E-state index contributed by atoms with van der Waals surface area (Å²) in [5, 5.41) is 12.7. The summed E-state index contributed by atoms with van der Waals surface area (Å²) >= 11 is 0. The third-order valence-corrected chi connectivity index (χ3v) is 22.8. The van der Waals surface area contributed by atoms with Crippen molar-refractivity contribution in [3.8, 4) is 89.3 Å². The second-order valence-corrected chi connectivity index (χ2v) is 29.2. The SMILES string of the molecule is c1ccc(N(c2ccc(-c3ccc(-c4ccc(-c5ccc(-c6ccc(N(c7ccc(-c8ccc(-n9c%10ccccc%10c%10c%11ccccc%11ccc%109)cc8)cc7)c7ccc(-c8ccc9ccccc9c8)cc7)cc6)cc5)cc4)cc3)cc2)c2ccc(-c3ccc(-n4c5ccccc5c5c6ccccc6ccc54)cc3)cc2)cc1. The van der Waals surface area contributed by atoms with Crippen molar-refractivity contribution in [3.05, 3.63) is 437 Å². The molecule has 0 amide bonds. The van der Waals surface area contributed by atoms with E-state index < -0.39 is 0 Å². The Hall–Kier alpha value is -14.8. The van der Waals surface area contributed by atoms with Crippen molar-refractivity contribution < 1.29 is 0 Å². The van der Waals surface area contributed by atoms with Gasteiger partial charge in [0.1, 0.15) is 0 Å². The number of hydrogen-bond acceptors (Lipinski definition) is 2. The molecule has 0 atom stereocenters. The van der Waals surface area contributed by atoms with Crippen molar-refractivity contribution in [2.24, 2.45) is 0 Å². The van der Waals surface area contributed by atoms with Crippen LogP contribution in [0.15, 0.2) is 437 Å². The fourth-order valence-corrected chi connectivity index (χ4v) is 17.1. The molecule has 524 valence electrons. The highest BCUT2D eigenvalue weighted by atomic mass is 15.1. The highest BCUT2D eigenvalue weighted by molar-refractivity contribution is 6.22. The van der Waals surface area contributed by atoms with Crippen molar-refractivity contribution in [1.82, 2.24) is 9.13 Å². The summed E-state index contributed by atoms with van der Waals surface area (Å²) in [7, 11) is 0. The van der Waals surface area contributed by atoms with Gasteiger partial charge in [-0.3, -0.25) is 0 Å². The molecule has 4 nitrogen and oxygen atoms in total. The van der Waals surface area contributed by atoms with Gasteiger partial charge in [0.05, 0.1) is 22.1 Å². The Morgan fingerprint density at radius 2 is 0.375 bits per heavy atom. The minimum absolute atomic E-state index is 1.08. The van der Waals surface area contributed by atoms with Crippen LogP contribution in [0.4, 0.5) is 34.1 Å². The maximum absolute atomic E-state index is 2.41. The Morgan fingerprint density at radius 3 is 0.714 bits per heavy atom. The van der Waals surface area contributed by atoms with Gasteiger partial charge in [0.25, 0.3) is 0 Å². The smallest absolute Gasteiger partial charge is 0.0547 e. The molecule has 0 unspecified atom stereocenters. The highest BCUT2D eigenvalue weighted by Gasteiger charge is 2.21. The van der Waals surface area contributed by atoms with Crippen LogP contribution in [0, 0.1) is 0 Å². The molecule has 21 rings (SSSR count). The van der Waals surface area contributed by atoms with Gasteiger partial charge < -0.3 is 18.9 Å². The first-order valence-corrected chi connectivity index (χ1v) is 38.5. The molecule has 0 fully saturated rings. The third kappa shape index (κ3) is 11.8. The lowest BCUT2D eigenvalue weighted by molar-refractivity contribution is 1.18. The molecular weight excluding hydrogens is 1350 g/mol. The van der Waals surface area contributed by atoms with Gasteiger partial charge in [0.15, 0.2) is 0 Å². The number of benzene rings is 19. The van der Waals surface area contributed by atoms with E-state index in [0.717, 1.165) is 62.2 Å². The summed E-state index contributed by atoms with van der Waals surface area (Å²) < 4.78 is 4.81. The molecule has 112 heavy (non-hydrogen) atoms. The molecule has 0 spiro atoms. The quantitative estimate of drug-likeness (QED) is 0.102. The average Bonchev–Trinajstić information content (AvgIpc) is 1.58. The van der Waals surface area contributed by atoms with Crippen LogP contribution in [-0.4, -0.2) is 9.13 Å². The molecule has 2 heterocycles. The Kier molecular flexibility index (Phi) is 16.2. The number of fused-ring (bicyclic) bond motifs is 11. The van der Waals surface area contributed by atoms with Gasteiger partial charge in [-0.05, 0) is 238 Å². The maximum atomic E-state index is 2.41. The van der Waals surface area contributed by atoms with Crippen LogP contribution in [-0.2, 0) is 0 Å². The molecule has 0 N–H and O–H groups in total. The normalized spacial score (nSPS) is 11.6. The molecule has 0 saturated heterocycles. The summed E-state index contributed by atoms with van der Waals surface area (Å²) in [6.45, 7) is 0. The Morgan fingerprint density at radius 1 is 0.143 bits per heavy atom. The molecule has 4 heteroatoms. The first kappa shape index (κ1) is 65.5. The van der Waals surface area contributed by atoms with Crippen LogP contribution in [0.25, 0.3) is 165 Å². The van der Waals surface area contributed by atoms with Gasteiger partial charge in [0.2, 0.25) is 0 Å². The first-order valence-electron chi connectivity index (χ1n) is 38.5. The van der Waals surface area contributed by atoms with E-state index in [2.05, 4.69) is 456 Å². The minimum Gasteiger partial charge on any atom is -0.311 e. The molecule has 0 saturated carbocycles. The van der Waals surface area contributed by atoms with E-state index in [1.807, 2.05) is 0 Å². The number of aromatic nitrogens is 2. The van der Waals surface area contributed by atoms with E-state index in [9.17, 15) is 0 Å². The van der Waals surface area contributed by atoms with Gasteiger partial charge in [0, 0.05) is 67.0 Å². The van der Waals surface area contributed by atoms with Crippen LogP contribution in [0.3, 0.4) is 0 Å². The number of hydrogen-bond donors (Lipinski definition) is 0. The zero-order chi connectivity index (χ0) is 74.0. The van der Waals surface area contributed by atoms with Crippen molar-refractivity contribution in [1.29, 1.82) is 0 Å². The second-order valence-electron chi connectivity index (χ2n) is 29.2. The van der Waals surface area contributed by atoms with Gasteiger partial charge in [-0.15, -0.1) is 0 Å². The molecular formula is C108H72N4. The molecule has 0 bridgehead atoms. The second kappa shape index (κ2) is 27.7. The predicted molar refractivity (Wildman–Crippen MR) is 475 cm³/mol. The molecule has 19 aromatic carbocycles. The van der Waals surface area contributed by atoms with Gasteiger partial charge >= 0.3 is 0 Å². The largest absolute Gasteiger partial charge is 0.311 e. The molecule has 21 aromatic rings. The Bertz CT molecular complexity index is 7070. The van der Waals surface area contributed by atoms with Crippen LogP contribution < -0.4 is 9.80 Å². The van der Waals surface area contributed by atoms with Crippen LogP contribution in [0.1, 0.15) is 0 Å². The summed E-state index contributed by atoms with van der Waals surface area (Å²) in [6.07, 6.45) is 0. The van der Waals surface area contributed by atoms with E-state index in [1.165, 1.54) is 137 Å². The van der Waals surface area contributed by atoms with Crippen LogP contribution >= 0.6 is 0 Å². The molecule has 0 aliphatic rings. The fourth-order valence-electron chi connectivity index (χ4n) is 17.1. The Balaban J connectivity index is 0.500. The molecule has 0 aliphatic carbocycles. The van der Waals surface area contributed by atoms with Gasteiger partial charge in [-0.25, -0.2) is 0 Å². The van der Waals surface area contributed by atoms with E-state index in [0.29, 0.717) is 0 Å². The Labute approximate surface area is 650 Å². The van der Waals surface area contributed by atoms with Crippen LogP contribution in [0.2, 0.25) is 0 Å². The summed E-state index contributed by atoms with van der Waals surface area (Å²) in [5.74, 6) is 0. The topological polar surface area (TPSA) is 16.3 Å². The average molecular weight is 1430 g/mol. The maximum Gasteiger partial charge on any atom is 0.0547 e. The van der Waals surface area contributed by atoms with E-state index >= 15 is 0 Å². The highest BCUT2D eigenvalue weighted by Crippen LogP contribution is 2.44. The summed E-state index contributed by atoms with van der Waals surface area (Å²) in [4.78, 5) is 4.70. The monoisotopic (exact) mass is 1420 g/mol. The van der Waals surface area contributed by atoms with Crippen molar-refractivity contribution >= 4 is 110 Å². The number of anilines is 6. The number of para-hydroxylation sites is 3. The van der Waals surface area contributed by atoms with Crippen molar-refractivity contribution in [3.63, 3.8) is 0 Å².